The van der Waals surface area contributed by atoms with Crippen molar-refractivity contribution < 1.29 is 4.42 Å². The molecule has 2 aromatic heterocycles. The van der Waals surface area contributed by atoms with E-state index in [4.69, 9.17) is 4.42 Å². The maximum absolute atomic E-state index is 13.0. The van der Waals surface area contributed by atoms with Gasteiger partial charge in [-0.15, -0.1) is 0 Å². The third-order valence-corrected chi connectivity index (χ3v) is 6.72. The summed E-state index contributed by atoms with van der Waals surface area (Å²) in [5.74, 6) is 2.11. The smallest absolute Gasteiger partial charge is 0.261 e. The minimum Gasteiger partial charge on any atom is -0.444 e. The zero-order chi connectivity index (χ0) is 21.4. The Morgan fingerprint density at radius 2 is 1.87 bits per heavy atom. The number of hydrogen-bond acceptors (Lipinski definition) is 6. The van der Waals surface area contributed by atoms with Crippen LogP contribution in [0, 0.1) is 0 Å². The number of nitrogens with zero attached hydrogens (tertiary/aromatic N) is 5. The van der Waals surface area contributed by atoms with Gasteiger partial charge in [0.15, 0.2) is 0 Å². The summed E-state index contributed by atoms with van der Waals surface area (Å²) in [6.45, 7) is 8.75. The molecule has 2 fully saturated rings. The molecule has 1 aliphatic carbocycles. The van der Waals surface area contributed by atoms with Crippen LogP contribution in [0.1, 0.15) is 63.1 Å². The second-order valence-corrected chi connectivity index (χ2v) is 9.17. The zero-order valence-corrected chi connectivity index (χ0v) is 18.5. The lowest BCUT2D eigenvalue weighted by molar-refractivity contribution is 0.223. The summed E-state index contributed by atoms with van der Waals surface area (Å²) in [5, 5.41) is 0.724. The van der Waals surface area contributed by atoms with Crippen molar-refractivity contribution in [3.05, 3.63) is 52.7 Å². The van der Waals surface area contributed by atoms with E-state index in [1.165, 1.54) is 12.8 Å². The molecule has 0 amide bonds. The molecule has 31 heavy (non-hydrogen) atoms. The van der Waals surface area contributed by atoms with Gasteiger partial charge < -0.3 is 9.32 Å². The Balaban J connectivity index is 1.26. The maximum atomic E-state index is 13.0. The van der Waals surface area contributed by atoms with Crippen LogP contribution in [0.5, 0.6) is 0 Å². The third-order valence-electron chi connectivity index (χ3n) is 6.72. The van der Waals surface area contributed by atoms with Crippen LogP contribution in [-0.2, 0) is 6.54 Å². The Morgan fingerprint density at radius 1 is 1.10 bits per heavy atom. The molecule has 1 aliphatic heterocycles. The van der Waals surface area contributed by atoms with Gasteiger partial charge in [0.05, 0.1) is 30.0 Å². The molecule has 3 aromatic rings. The van der Waals surface area contributed by atoms with Crippen LogP contribution in [0.25, 0.3) is 10.9 Å². The van der Waals surface area contributed by atoms with E-state index in [0.717, 1.165) is 73.8 Å². The first kappa shape index (κ1) is 20.2. The van der Waals surface area contributed by atoms with Crippen LogP contribution in [0.2, 0.25) is 0 Å². The molecule has 1 saturated carbocycles. The van der Waals surface area contributed by atoms with Crippen LogP contribution in [-0.4, -0.2) is 45.6 Å². The van der Waals surface area contributed by atoms with E-state index < -0.39 is 0 Å². The number of oxazole rings is 1. The number of rotatable bonds is 5. The molecule has 5 rings (SSSR count). The Kier molecular flexibility index (Phi) is 5.52. The molecule has 0 spiro atoms. The molecular formula is C24H31N5O2. The molecule has 164 valence electrons. The first-order valence-electron chi connectivity index (χ1n) is 11.5. The van der Waals surface area contributed by atoms with Crippen molar-refractivity contribution in [1.82, 2.24) is 19.4 Å². The van der Waals surface area contributed by atoms with Gasteiger partial charge in [0.25, 0.3) is 5.56 Å². The van der Waals surface area contributed by atoms with E-state index in [-0.39, 0.29) is 5.56 Å². The summed E-state index contributed by atoms with van der Waals surface area (Å²) in [6.07, 6.45) is 8.18. The van der Waals surface area contributed by atoms with Crippen LogP contribution in [0.3, 0.4) is 0 Å². The van der Waals surface area contributed by atoms with Gasteiger partial charge >= 0.3 is 0 Å². The molecule has 1 saturated heterocycles. The van der Waals surface area contributed by atoms with E-state index >= 15 is 0 Å². The highest BCUT2D eigenvalue weighted by Gasteiger charge is 2.21. The number of fused-ring (bicyclic) bond motifs is 1. The normalized spacial score (nSPS) is 18.5. The van der Waals surface area contributed by atoms with Gasteiger partial charge in [-0.05, 0) is 31.0 Å². The minimum atomic E-state index is 0.0972. The molecule has 7 heteroatoms. The molecule has 1 aromatic carbocycles. The van der Waals surface area contributed by atoms with Gasteiger partial charge in [-0.3, -0.25) is 14.3 Å². The van der Waals surface area contributed by atoms with E-state index in [9.17, 15) is 4.79 Å². The quantitative estimate of drug-likeness (QED) is 0.622. The van der Waals surface area contributed by atoms with Crippen LogP contribution >= 0.6 is 0 Å². The summed E-state index contributed by atoms with van der Waals surface area (Å²) in [6, 6.07) is 6.41. The lowest BCUT2D eigenvalue weighted by Gasteiger charge is -2.35. The second kappa shape index (κ2) is 8.46. The number of anilines is 1. The number of benzene rings is 1. The summed E-state index contributed by atoms with van der Waals surface area (Å²) in [7, 11) is 0. The SMILES string of the molecule is CC(C)c1cnc(CN2CCN(c3ccc4c(=O)n(C5CCCC5)cnc4c3)CC2)o1. The Labute approximate surface area is 182 Å². The molecule has 3 heterocycles. The molecule has 0 unspecified atom stereocenters. The first-order chi connectivity index (χ1) is 15.1. The van der Waals surface area contributed by atoms with Gasteiger partial charge in [-0.2, -0.15) is 0 Å². The van der Waals surface area contributed by atoms with Crippen LogP contribution < -0.4 is 10.5 Å². The predicted molar refractivity (Wildman–Crippen MR) is 122 cm³/mol. The Bertz CT molecular complexity index is 1100. The fraction of sp³-hybridized carbons (Fsp3) is 0.542. The number of piperazine rings is 1. The molecular weight excluding hydrogens is 390 g/mol. The van der Waals surface area contributed by atoms with Gasteiger partial charge in [0, 0.05) is 43.8 Å². The zero-order valence-electron chi connectivity index (χ0n) is 18.5. The van der Waals surface area contributed by atoms with Gasteiger partial charge in [0.1, 0.15) is 5.76 Å². The average molecular weight is 422 g/mol. The monoisotopic (exact) mass is 421 g/mol. The standard InChI is InChI=1S/C24H31N5O2/c1-17(2)22-14-25-23(31-22)15-27-9-11-28(12-10-27)19-7-8-20-21(13-19)26-16-29(24(20)30)18-5-3-4-6-18/h7-8,13-14,16-18H,3-6,9-12,15H2,1-2H3. The van der Waals surface area contributed by atoms with Crippen molar-refractivity contribution >= 4 is 16.6 Å². The summed E-state index contributed by atoms with van der Waals surface area (Å²) < 4.78 is 7.71. The summed E-state index contributed by atoms with van der Waals surface area (Å²) in [5.41, 5.74) is 2.02. The minimum absolute atomic E-state index is 0.0972. The molecule has 0 atom stereocenters. The van der Waals surface area contributed by atoms with Crippen LogP contribution in [0.4, 0.5) is 5.69 Å². The summed E-state index contributed by atoms with van der Waals surface area (Å²) >= 11 is 0. The van der Waals surface area contributed by atoms with Crippen molar-refractivity contribution in [2.24, 2.45) is 0 Å². The lowest BCUT2D eigenvalue weighted by atomic mass is 10.1. The van der Waals surface area contributed by atoms with Crippen molar-refractivity contribution in [3.63, 3.8) is 0 Å². The molecule has 7 nitrogen and oxygen atoms in total. The Morgan fingerprint density at radius 3 is 2.58 bits per heavy atom. The number of hydrogen-bond donors (Lipinski definition) is 0. The van der Waals surface area contributed by atoms with Gasteiger partial charge in [-0.1, -0.05) is 26.7 Å². The highest BCUT2D eigenvalue weighted by molar-refractivity contribution is 5.81. The maximum Gasteiger partial charge on any atom is 0.261 e. The fourth-order valence-corrected chi connectivity index (χ4v) is 4.78. The van der Waals surface area contributed by atoms with E-state index in [1.54, 1.807) is 6.33 Å². The highest BCUT2D eigenvalue weighted by atomic mass is 16.4. The van der Waals surface area contributed by atoms with Crippen molar-refractivity contribution in [3.8, 4) is 0 Å². The van der Waals surface area contributed by atoms with Crippen molar-refractivity contribution in [2.75, 3.05) is 31.1 Å². The summed E-state index contributed by atoms with van der Waals surface area (Å²) in [4.78, 5) is 26.8. The van der Waals surface area contributed by atoms with Crippen molar-refractivity contribution in [1.29, 1.82) is 0 Å². The lowest BCUT2D eigenvalue weighted by Crippen LogP contribution is -2.46. The van der Waals surface area contributed by atoms with Gasteiger partial charge in [0.2, 0.25) is 5.89 Å². The molecule has 0 N–H and O–H groups in total. The molecule has 2 aliphatic rings. The first-order valence-corrected chi connectivity index (χ1v) is 11.5. The predicted octanol–water partition coefficient (Wildman–Crippen LogP) is 3.95. The van der Waals surface area contributed by atoms with Crippen LogP contribution in [0.15, 0.2) is 39.9 Å². The van der Waals surface area contributed by atoms with Gasteiger partial charge in [-0.25, -0.2) is 9.97 Å². The molecule has 0 bridgehead atoms. The van der Waals surface area contributed by atoms with E-state index in [2.05, 4.69) is 45.7 Å². The Hall–Kier alpha value is -2.67. The van der Waals surface area contributed by atoms with E-state index in [1.807, 2.05) is 16.8 Å². The third kappa shape index (κ3) is 4.11. The highest BCUT2D eigenvalue weighted by Crippen LogP contribution is 2.29. The number of aromatic nitrogens is 3. The average Bonchev–Trinajstić information content (AvgIpc) is 3.47. The van der Waals surface area contributed by atoms with E-state index in [0.29, 0.717) is 12.0 Å². The fourth-order valence-electron chi connectivity index (χ4n) is 4.78. The largest absolute Gasteiger partial charge is 0.444 e. The second-order valence-electron chi connectivity index (χ2n) is 9.17. The van der Waals surface area contributed by atoms with Crippen molar-refractivity contribution in [2.45, 2.75) is 58.0 Å². The molecule has 0 radical (unpaired) electrons. The topological polar surface area (TPSA) is 67.4 Å².